The van der Waals surface area contributed by atoms with Crippen molar-refractivity contribution in [1.82, 2.24) is 9.88 Å². The summed E-state index contributed by atoms with van der Waals surface area (Å²) in [6.45, 7) is -0.0293. The SMILES string of the molecule is COc1ccc(-c2cc(C(=O)N3CCC[C@H](C(F)(F)F)C3)c3ccccc3n2)cc1OC. The van der Waals surface area contributed by atoms with Gasteiger partial charge in [-0.3, -0.25) is 4.79 Å². The van der Waals surface area contributed by atoms with Gasteiger partial charge in [0.05, 0.1) is 36.9 Å². The van der Waals surface area contributed by atoms with Crippen LogP contribution >= 0.6 is 0 Å². The van der Waals surface area contributed by atoms with Crippen molar-refractivity contribution in [2.75, 3.05) is 27.3 Å². The van der Waals surface area contributed by atoms with Gasteiger partial charge in [0.25, 0.3) is 5.91 Å². The Kier molecular flexibility index (Phi) is 5.95. The number of amides is 1. The van der Waals surface area contributed by atoms with E-state index in [0.717, 1.165) is 0 Å². The molecule has 2 heterocycles. The number of hydrogen-bond donors (Lipinski definition) is 0. The van der Waals surface area contributed by atoms with Crippen LogP contribution in [-0.4, -0.2) is 49.3 Å². The number of carbonyl (C=O) groups is 1. The smallest absolute Gasteiger partial charge is 0.393 e. The Morgan fingerprint density at radius 3 is 2.53 bits per heavy atom. The molecule has 0 radical (unpaired) electrons. The number of para-hydroxylation sites is 1. The van der Waals surface area contributed by atoms with E-state index < -0.39 is 18.0 Å². The first-order chi connectivity index (χ1) is 15.3. The van der Waals surface area contributed by atoms with E-state index in [1.165, 1.54) is 19.1 Å². The lowest BCUT2D eigenvalue weighted by Gasteiger charge is -2.34. The van der Waals surface area contributed by atoms with Crippen molar-refractivity contribution in [3.05, 3.63) is 54.1 Å². The molecule has 0 N–H and O–H groups in total. The molecule has 8 heteroatoms. The molecule has 5 nitrogen and oxygen atoms in total. The molecule has 0 aliphatic carbocycles. The maximum atomic E-state index is 13.4. The predicted molar refractivity (Wildman–Crippen MR) is 115 cm³/mol. The zero-order chi connectivity index (χ0) is 22.9. The molecule has 0 saturated carbocycles. The van der Waals surface area contributed by atoms with Gasteiger partial charge in [0.2, 0.25) is 0 Å². The minimum Gasteiger partial charge on any atom is -0.493 e. The first-order valence-corrected chi connectivity index (χ1v) is 10.3. The highest BCUT2D eigenvalue weighted by Gasteiger charge is 2.43. The summed E-state index contributed by atoms with van der Waals surface area (Å²) < 4.78 is 50.5. The molecular weight excluding hydrogens is 421 g/mol. The molecule has 1 aliphatic heterocycles. The van der Waals surface area contributed by atoms with Gasteiger partial charge < -0.3 is 14.4 Å². The van der Waals surface area contributed by atoms with Crippen LogP contribution in [-0.2, 0) is 0 Å². The fourth-order valence-corrected chi connectivity index (χ4v) is 4.09. The van der Waals surface area contributed by atoms with Gasteiger partial charge in [-0.25, -0.2) is 4.98 Å². The summed E-state index contributed by atoms with van der Waals surface area (Å²) in [5, 5.41) is 0.607. The highest BCUT2D eigenvalue weighted by Crippen LogP contribution is 2.36. The quantitative estimate of drug-likeness (QED) is 0.546. The molecule has 1 aromatic heterocycles. The summed E-state index contributed by atoms with van der Waals surface area (Å²) >= 11 is 0. The largest absolute Gasteiger partial charge is 0.493 e. The van der Waals surface area contributed by atoms with Gasteiger partial charge in [-0.05, 0) is 43.2 Å². The first-order valence-electron chi connectivity index (χ1n) is 10.3. The summed E-state index contributed by atoms with van der Waals surface area (Å²) in [6.07, 6.45) is -3.95. The van der Waals surface area contributed by atoms with Crippen LogP contribution in [0.15, 0.2) is 48.5 Å². The van der Waals surface area contributed by atoms with E-state index in [0.29, 0.717) is 52.2 Å². The number of ether oxygens (including phenoxy) is 2. The number of benzene rings is 2. The van der Waals surface area contributed by atoms with E-state index in [1.54, 1.807) is 42.5 Å². The van der Waals surface area contributed by atoms with E-state index in [4.69, 9.17) is 9.47 Å². The molecular formula is C24H23F3N2O3. The van der Waals surface area contributed by atoms with Gasteiger partial charge in [-0.1, -0.05) is 18.2 Å². The number of likely N-dealkylation sites (tertiary alicyclic amines) is 1. The van der Waals surface area contributed by atoms with Crippen molar-refractivity contribution in [2.45, 2.75) is 19.0 Å². The number of rotatable bonds is 4. The van der Waals surface area contributed by atoms with Crippen LogP contribution in [0.5, 0.6) is 11.5 Å². The third kappa shape index (κ3) is 4.22. The standard InChI is InChI=1S/C24H23F3N2O3/c1-31-21-10-9-15(12-22(21)32-2)20-13-18(17-7-3-4-8-19(17)28-20)23(30)29-11-5-6-16(14-29)24(25,26)27/h3-4,7-10,12-13,16H,5-6,11,14H2,1-2H3/t16-/m0/s1. The number of piperidine rings is 1. The van der Waals surface area contributed by atoms with Crippen molar-refractivity contribution < 1.29 is 27.4 Å². The van der Waals surface area contributed by atoms with Crippen LogP contribution in [0, 0.1) is 5.92 Å². The van der Waals surface area contributed by atoms with E-state index in [9.17, 15) is 18.0 Å². The Hall–Kier alpha value is -3.29. The monoisotopic (exact) mass is 444 g/mol. The van der Waals surface area contributed by atoms with Crippen molar-refractivity contribution >= 4 is 16.8 Å². The highest BCUT2D eigenvalue weighted by molar-refractivity contribution is 6.07. The van der Waals surface area contributed by atoms with E-state index in [2.05, 4.69) is 4.98 Å². The number of fused-ring (bicyclic) bond motifs is 1. The van der Waals surface area contributed by atoms with Gasteiger partial charge >= 0.3 is 6.18 Å². The number of hydrogen-bond acceptors (Lipinski definition) is 4. The second-order valence-electron chi connectivity index (χ2n) is 7.77. The molecule has 168 valence electrons. The van der Waals surface area contributed by atoms with Crippen LogP contribution in [0.25, 0.3) is 22.2 Å². The Morgan fingerprint density at radius 1 is 1.06 bits per heavy atom. The minimum atomic E-state index is -4.32. The maximum absolute atomic E-state index is 13.4. The number of halogens is 3. The summed E-state index contributed by atoms with van der Waals surface area (Å²) in [5.41, 5.74) is 2.15. The third-order valence-corrected chi connectivity index (χ3v) is 5.80. The molecule has 1 atom stereocenters. The van der Waals surface area contributed by atoms with Crippen molar-refractivity contribution in [3.8, 4) is 22.8 Å². The van der Waals surface area contributed by atoms with Gasteiger partial charge in [-0.2, -0.15) is 13.2 Å². The summed E-state index contributed by atoms with van der Waals surface area (Å²) in [7, 11) is 3.06. The molecule has 3 aromatic rings. The van der Waals surface area contributed by atoms with Crippen molar-refractivity contribution in [2.24, 2.45) is 5.92 Å². The predicted octanol–water partition coefficient (Wildman–Crippen LogP) is 5.33. The summed E-state index contributed by atoms with van der Waals surface area (Å²) in [5.74, 6) is -0.852. The van der Waals surface area contributed by atoms with Gasteiger partial charge in [-0.15, -0.1) is 0 Å². The first kappa shape index (κ1) is 21.9. The highest BCUT2D eigenvalue weighted by atomic mass is 19.4. The number of methoxy groups -OCH3 is 2. The van der Waals surface area contributed by atoms with Crippen molar-refractivity contribution in [3.63, 3.8) is 0 Å². The molecule has 4 rings (SSSR count). The van der Waals surface area contributed by atoms with Gasteiger partial charge in [0.1, 0.15) is 0 Å². The number of alkyl halides is 3. The fraction of sp³-hybridized carbons (Fsp3) is 0.333. The van der Waals surface area contributed by atoms with Crippen LogP contribution in [0.4, 0.5) is 13.2 Å². The number of carbonyl (C=O) groups excluding carboxylic acids is 1. The molecule has 1 amide bonds. The molecule has 2 aromatic carbocycles. The lowest BCUT2D eigenvalue weighted by atomic mass is 9.96. The Labute approximate surface area is 183 Å². The summed E-state index contributed by atoms with van der Waals surface area (Å²) in [4.78, 5) is 19.4. The number of aromatic nitrogens is 1. The van der Waals surface area contributed by atoms with Crippen molar-refractivity contribution in [1.29, 1.82) is 0 Å². The summed E-state index contributed by atoms with van der Waals surface area (Å²) in [6, 6.07) is 14.1. The Balaban J connectivity index is 1.77. The van der Waals surface area contributed by atoms with Gasteiger partial charge in [0.15, 0.2) is 11.5 Å². The molecule has 0 spiro atoms. The van der Waals surface area contributed by atoms with E-state index >= 15 is 0 Å². The average Bonchev–Trinajstić information content (AvgIpc) is 2.82. The average molecular weight is 444 g/mol. The van der Waals surface area contributed by atoms with Crippen LogP contribution < -0.4 is 9.47 Å². The third-order valence-electron chi connectivity index (χ3n) is 5.80. The molecule has 32 heavy (non-hydrogen) atoms. The molecule has 1 saturated heterocycles. The molecule has 0 bridgehead atoms. The molecule has 0 unspecified atom stereocenters. The lowest BCUT2D eigenvalue weighted by Crippen LogP contribution is -2.44. The second-order valence-corrected chi connectivity index (χ2v) is 7.77. The maximum Gasteiger partial charge on any atom is 0.393 e. The zero-order valence-corrected chi connectivity index (χ0v) is 17.8. The van der Waals surface area contributed by atoms with Crippen LogP contribution in [0.2, 0.25) is 0 Å². The topological polar surface area (TPSA) is 51.7 Å². The Morgan fingerprint density at radius 2 is 1.81 bits per heavy atom. The zero-order valence-electron chi connectivity index (χ0n) is 17.8. The van der Waals surface area contributed by atoms with Crippen LogP contribution in [0.3, 0.4) is 0 Å². The molecule has 1 fully saturated rings. The van der Waals surface area contributed by atoms with E-state index in [1.807, 2.05) is 6.07 Å². The van der Waals surface area contributed by atoms with E-state index in [-0.39, 0.29) is 13.0 Å². The molecule has 1 aliphatic rings. The minimum absolute atomic E-state index is 0.0429. The Bertz CT molecular complexity index is 1150. The van der Waals surface area contributed by atoms with Crippen LogP contribution in [0.1, 0.15) is 23.2 Å². The fourth-order valence-electron chi connectivity index (χ4n) is 4.09. The number of nitrogens with zero attached hydrogens (tertiary/aromatic N) is 2. The normalized spacial score (nSPS) is 16.8. The van der Waals surface area contributed by atoms with Gasteiger partial charge in [0, 0.05) is 24.0 Å². The number of pyridine rings is 1. The second kappa shape index (κ2) is 8.68. The lowest BCUT2D eigenvalue weighted by molar-refractivity contribution is -0.184.